The van der Waals surface area contributed by atoms with E-state index >= 15 is 0 Å². The number of para-hydroxylation sites is 1. The lowest BCUT2D eigenvalue weighted by atomic mass is 10.1. The molecule has 0 unspecified atom stereocenters. The van der Waals surface area contributed by atoms with Crippen LogP contribution in [0.15, 0.2) is 65.1 Å². The zero-order valence-electron chi connectivity index (χ0n) is 13.7. The summed E-state index contributed by atoms with van der Waals surface area (Å²) in [5, 5.41) is 14.1. The van der Waals surface area contributed by atoms with Gasteiger partial charge >= 0.3 is 0 Å². The second kappa shape index (κ2) is 7.90. The van der Waals surface area contributed by atoms with Crippen LogP contribution in [0, 0.1) is 6.92 Å². The van der Waals surface area contributed by atoms with Crippen molar-refractivity contribution in [1.82, 2.24) is 10.2 Å². The molecule has 126 valence electrons. The van der Waals surface area contributed by atoms with Gasteiger partial charge in [0.2, 0.25) is 5.91 Å². The van der Waals surface area contributed by atoms with Gasteiger partial charge in [-0.2, -0.15) is 0 Å². The summed E-state index contributed by atoms with van der Waals surface area (Å²) < 4.78 is 0.937. The van der Waals surface area contributed by atoms with Crippen LogP contribution in [-0.4, -0.2) is 16.1 Å². The highest BCUT2D eigenvalue weighted by molar-refractivity contribution is 9.10. The standard InChI is InChI=1S/C19H17BrN4O/c1-13-6-8-14(9-7-13)12-19(25)22-18-11-10-17(23-24-18)21-16-5-3-2-4-15(16)20/h2-11H,12H2,1H3,(H,21,23)(H,22,24,25). The Kier molecular flexibility index (Phi) is 5.40. The molecular weight excluding hydrogens is 380 g/mol. The normalized spacial score (nSPS) is 10.3. The van der Waals surface area contributed by atoms with Crippen LogP contribution in [0.1, 0.15) is 11.1 Å². The topological polar surface area (TPSA) is 66.9 Å². The minimum absolute atomic E-state index is 0.121. The molecule has 25 heavy (non-hydrogen) atoms. The fourth-order valence-electron chi connectivity index (χ4n) is 2.24. The Bertz CT molecular complexity index is 863. The Morgan fingerprint density at radius 2 is 1.64 bits per heavy atom. The van der Waals surface area contributed by atoms with E-state index in [1.807, 2.05) is 55.5 Å². The van der Waals surface area contributed by atoms with E-state index in [2.05, 4.69) is 36.8 Å². The van der Waals surface area contributed by atoms with Gasteiger partial charge in [-0.3, -0.25) is 4.79 Å². The van der Waals surface area contributed by atoms with Crippen molar-refractivity contribution in [3.05, 3.63) is 76.3 Å². The van der Waals surface area contributed by atoms with E-state index in [4.69, 9.17) is 0 Å². The quantitative estimate of drug-likeness (QED) is 0.667. The Hall–Kier alpha value is -2.73. The first kappa shape index (κ1) is 17.1. The highest BCUT2D eigenvalue weighted by atomic mass is 79.9. The first-order valence-corrected chi connectivity index (χ1v) is 8.60. The fourth-order valence-corrected chi connectivity index (χ4v) is 2.63. The van der Waals surface area contributed by atoms with Crippen molar-refractivity contribution in [2.75, 3.05) is 10.6 Å². The van der Waals surface area contributed by atoms with Crippen LogP contribution in [-0.2, 0) is 11.2 Å². The molecule has 0 spiro atoms. The van der Waals surface area contributed by atoms with E-state index in [-0.39, 0.29) is 5.91 Å². The van der Waals surface area contributed by atoms with Gasteiger partial charge in [0, 0.05) is 4.47 Å². The predicted octanol–water partition coefficient (Wildman–Crippen LogP) is 4.47. The molecule has 3 rings (SSSR count). The zero-order chi connectivity index (χ0) is 17.6. The molecule has 0 radical (unpaired) electrons. The summed E-state index contributed by atoms with van der Waals surface area (Å²) in [7, 11) is 0. The molecule has 2 aromatic carbocycles. The third-order valence-corrected chi connectivity index (χ3v) is 4.25. The lowest BCUT2D eigenvalue weighted by Gasteiger charge is -2.08. The predicted molar refractivity (Wildman–Crippen MR) is 103 cm³/mol. The Balaban J connectivity index is 1.59. The average molecular weight is 397 g/mol. The van der Waals surface area contributed by atoms with E-state index in [0.29, 0.717) is 18.1 Å². The lowest BCUT2D eigenvalue weighted by molar-refractivity contribution is -0.115. The largest absolute Gasteiger partial charge is 0.338 e. The molecular formula is C19H17BrN4O. The van der Waals surface area contributed by atoms with Crippen molar-refractivity contribution in [3.63, 3.8) is 0 Å². The van der Waals surface area contributed by atoms with Crippen molar-refractivity contribution in [3.8, 4) is 0 Å². The molecule has 1 aromatic heterocycles. The minimum Gasteiger partial charge on any atom is -0.338 e. The van der Waals surface area contributed by atoms with Crippen molar-refractivity contribution in [2.45, 2.75) is 13.3 Å². The average Bonchev–Trinajstić information content (AvgIpc) is 2.61. The molecule has 0 bridgehead atoms. The third kappa shape index (κ3) is 4.87. The van der Waals surface area contributed by atoms with Crippen LogP contribution in [0.5, 0.6) is 0 Å². The van der Waals surface area contributed by atoms with Crippen LogP contribution >= 0.6 is 15.9 Å². The zero-order valence-corrected chi connectivity index (χ0v) is 15.2. The van der Waals surface area contributed by atoms with Crippen molar-refractivity contribution in [2.24, 2.45) is 0 Å². The number of nitrogens with zero attached hydrogens (tertiary/aromatic N) is 2. The van der Waals surface area contributed by atoms with Crippen LogP contribution in [0.25, 0.3) is 0 Å². The van der Waals surface area contributed by atoms with Crippen molar-refractivity contribution >= 4 is 39.2 Å². The summed E-state index contributed by atoms with van der Waals surface area (Å²) in [6.45, 7) is 2.02. The molecule has 0 aliphatic heterocycles. The Morgan fingerprint density at radius 1 is 0.960 bits per heavy atom. The molecule has 0 saturated carbocycles. The van der Waals surface area contributed by atoms with Gasteiger partial charge in [-0.1, -0.05) is 42.0 Å². The van der Waals surface area contributed by atoms with E-state index in [1.165, 1.54) is 5.56 Å². The number of amides is 1. The number of halogens is 1. The molecule has 0 atom stereocenters. The van der Waals surface area contributed by atoms with Crippen molar-refractivity contribution in [1.29, 1.82) is 0 Å². The van der Waals surface area contributed by atoms with Gasteiger partial charge in [0.25, 0.3) is 0 Å². The Labute approximate surface area is 154 Å². The minimum atomic E-state index is -0.121. The number of nitrogens with one attached hydrogen (secondary N) is 2. The van der Waals surface area contributed by atoms with Gasteiger partial charge in [0.1, 0.15) is 0 Å². The van der Waals surface area contributed by atoms with Gasteiger partial charge in [-0.25, -0.2) is 0 Å². The van der Waals surface area contributed by atoms with E-state index in [0.717, 1.165) is 15.7 Å². The van der Waals surface area contributed by atoms with Crippen LogP contribution in [0.3, 0.4) is 0 Å². The molecule has 0 fully saturated rings. The maximum absolute atomic E-state index is 12.1. The molecule has 1 amide bonds. The fraction of sp³-hybridized carbons (Fsp3) is 0.105. The van der Waals surface area contributed by atoms with Gasteiger partial charge in [0.15, 0.2) is 11.6 Å². The number of rotatable bonds is 5. The number of aryl methyl sites for hydroxylation is 1. The second-order valence-electron chi connectivity index (χ2n) is 5.62. The number of anilines is 3. The van der Waals surface area contributed by atoms with Crippen molar-refractivity contribution < 1.29 is 4.79 Å². The monoisotopic (exact) mass is 396 g/mol. The van der Waals surface area contributed by atoms with Crippen LogP contribution < -0.4 is 10.6 Å². The van der Waals surface area contributed by atoms with E-state index < -0.39 is 0 Å². The first-order chi connectivity index (χ1) is 12.1. The smallest absolute Gasteiger partial charge is 0.229 e. The van der Waals surface area contributed by atoms with E-state index in [1.54, 1.807) is 12.1 Å². The number of benzene rings is 2. The SMILES string of the molecule is Cc1ccc(CC(=O)Nc2ccc(Nc3ccccc3Br)nn2)cc1. The van der Waals surface area contributed by atoms with Crippen LogP contribution in [0.2, 0.25) is 0 Å². The second-order valence-corrected chi connectivity index (χ2v) is 6.47. The molecule has 2 N–H and O–H groups in total. The summed E-state index contributed by atoms with van der Waals surface area (Å²) in [4.78, 5) is 12.1. The molecule has 1 heterocycles. The first-order valence-electron chi connectivity index (χ1n) is 7.81. The number of aromatic nitrogens is 2. The van der Waals surface area contributed by atoms with Gasteiger partial charge in [0.05, 0.1) is 12.1 Å². The van der Waals surface area contributed by atoms with E-state index in [9.17, 15) is 4.79 Å². The number of hydrogen-bond donors (Lipinski definition) is 2. The number of carbonyl (C=O) groups excluding carboxylic acids is 1. The molecule has 3 aromatic rings. The molecule has 0 aliphatic carbocycles. The maximum Gasteiger partial charge on any atom is 0.229 e. The molecule has 0 aliphatic rings. The Morgan fingerprint density at radius 3 is 2.32 bits per heavy atom. The lowest BCUT2D eigenvalue weighted by Crippen LogP contribution is -2.15. The molecule has 0 saturated heterocycles. The highest BCUT2D eigenvalue weighted by Crippen LogP contribution is 2.24. The van der Waals surface area contributed by atoms with Gasteiger partial charge in [-0.05, 0) is 52.7 Å². The molecule has 6 heteroatoms. The maximum atomic E-state index is 12.1. The highest BCUT2D eigenvalue weighted by Gasteiger charge is 2.06. The summed E-state index contributed by atoms with van der Waals surface area (Å²) >= 11 is 3.47. The number of hydrogen-bond acceptors (Lipinski definition) is 4. The summed E-state index contributed by atoms with van der Waals surface area (Å²) in [6, 6.07) is 19.1. The van der Waals surface area contributed by atoms with Crippen LogP contribution in [0.4, 0.5) is 17.3 Å². The summed E-state index contributed by atoms with van der Waals surface area (Å²) in [5.41, 5.74) is 3.03. The van der Waals surface area contributed by atoms with Gasteiger partial charge in [-0.15, -0.1) is 10.2 Å². The summed E-state index contributed by atoms with van der Waals surface area (Å²) in [6.07, 6.45) is 0.304. The summed E-state index contributed by atoms with van der Waals surface area (Å²) in [5.74, 6) is 0.905. The third-order valence-electron chi connectivity index (χ3n) is 3.55. The van der Waals surface area contributed by atoms with Gasteiger partial charge < -0.3 is 10.6 Å². The number of carbonyl (C=O) groups is 1. The molecule has 5 nitrogen and oxygen atoms in total.